The predicted molar refractivity (Wildman–Crippen MR) is 90.2 cm³/mol. The lowest BCUT2D eigenvalue weighted by Crippen LogP contribution is -2.03. The standard InChI is InChI=1S/C16H16N2O2S.ClH/c17-9-8-12-6-7-15-14(10-12)16(11-18-15)21(19,20)13-4-2-1-3-5-13;/h1-7,10-11,18H,8-9,17H2;1H. The topological polar surface area (TPSA) is 76.0 Å². The van der Waals surface area contributed by atoms with Gasteiger partial charge in [-0.1, -0.05) is 24.3 Å². The van der Waals surface area contributed by atoms with E-state index < -0.39 is 9.84 Å². The molecule has 0 unspecified atom stereocenters. The molecular formula is C16H17ClN2O2S. The number of hydrogen-bond donors (Lipinski definition) is 2. The zero-order valence-corrected chi connectivity index (χ0v) is 13.5. The quantitative estimate of drug-likeness (QED) is 0.769. The first-order chi connectivity index (χ1) is 10.1. The van der Waals surface area contributed by atoms with Crippen molar-refractivity contribution in [2.75, 3.05) is 6.54 Å². The zero-order valence-electron chi connectivity index (χ0n) is 11.8. The minimum absolute atomic E-state index is 0. The van der Waals surface area contributed by atoms with Gasteiger partial charge in [0.1, 0.15) is 0 Å². The number of rotatable bonds is 4. The van der Waals surface area contributed by atoms with Gasteiger partial charge in [0.15, 0.2) is 0 Å². The fraction of sp³-hybridized carbons (Fsp3) is 0.125. The average Bonchev–Trinajstić information content (AvgIpc) is 2.92. The summed E-state index contributed by atoms with van der Waals surface area (Å²) < 4.78 is 25.5. The number of benzene rings is 2. The third-order valence-corrected chi connectivity index (χ3v) is 5.29. The second-order valence-corrected chi connectivity index (χ2v) is 6.81. The van der Waals surface area contributed by atoms with E-state index in [1.807, 2.05) is 18.2 Å². The molecule has 116 valence electrons. The molecule has 4 nitrogen and oxygen atoms in total. The van der Waals surface area contributed by atoms with Crippen LogP contribution in [-0.2, 0) is 16.3 Å². The largest absolute Gasteiger partial charge is 0.360 e. The average molecular weight is 337 g/mol. The number of halogens is 1. The SMILES string of the molecule is Cl.NCCc1ccc2[nH]cc(S(=O)(=O)c3ccccc3)c2c1. The summed E-state index contributed by atoms with van der Waals surface area (Å²) in [4.78, 5) is 3.63. The predicted octanol–water partition coefficient (Wildman–Crippen LogP) is 2.92. The van der Waals surface area contributed by atoms with Crippen LogP contribution in [0.5, 0.6) is 0 Å². The highest BCUT2D eigenvalue weighted by atomic mass is 35.5. The lowest BCUT2D eigenvalue weighted by Gasteiger charge is -2.04. The summed E-state index contributed by atoms with van der Waals surface area (Å²) >= 11 is 0. The molecule has 0 fully saturated rings. The molecule has 0 saturated carbocycles. The number of nitrogens with one attached hydrogen (secondary N) is 1. The maximum atomic E-state index is 12.7. The number of aromatic nitrogens is 1. The highest BCUT2D eigenvalue weighted by Crippen LogP contribution is 2.28. The van der Waals surface area contributed by atoms with E-state index in [1.165, 1.54) is 0 Å². The molecule has 2 aromatic carbocycles. The highest BCUT2D eigenvalue weighted by Gasteiger charge is 2.21. The Kier molecular flexibility index (Phi) is 4.90. The third-order valence-electron chi connectivity index (χ3n) is 3.48. The summed E-state index contributed by atoms with van der Waals surface area (Å²) in [5, 5.41) is 0.713. The second kappa shape index (κ2) is 6.52. The van der Waals surface area contributed by atoms with Crippen LogP contribution in [0.25, 0.3) is 10.9 Å². The second-order valence-electron chi connectivity index (χ2n) is 4.89. The molecule has 0 amide bonds. The molecule has 1 heterocycles. The van der Waals surface area contributed by atoms with Gasteiger partial charge < -0.3 is 10.7 Å². The van der Waals surface area contributed by atoms with Gasteiger partial charge in [-0.25, -0.2) is 8.42 Å². The van der Waals surface area contributed by atoms with Crippen LogP contribution in [-0.4, -0.2) is 19.9 Å². The molecule has 0 radical (unpaired) electrons. The zero-order chi connectivity index (χ0) is 14.9. The van der Waals surface area contributed by atoms with Crippen LogP contribution in [0.15, 0.2) is 64.5 Å². The summed E-state index contributed by atoms with van der Waals surface area (Å²) in [7, 11) is -3.52. The van der Waals surface area contributed by atoms with Crippen molar-refractivity contribution in [1.29, 1.82) is 0 Å². The van der Waals surface area contributed by atoms with Gasteiger partial charge in [-0.05, 0) is 42.8 Å². The summed E-state index contributed by atoms with van der Waals surface area (Å²) in [6, 6.07) is 14.2. The van der Waals surface area contributed by atoms with Gasteiger partial charge in [0.05, 0.1) is 9.79 Å². The number of H-pyrrole nitrogens is 1. The van der Waals surface area contributed by atoms with Crippen molar-refractivity contribution in [1.82, 2.24) is 4.98 Å². The molecule has 1 aromatic heterocycles. The number of hydrogen-bond acceptors (Lipinski definition) is 3. The Labute approximate surface area is 135 Å². The Bertz CT molecular complexity index is 874. The summed E-state index contributed by atoms with van der Waals surface area (Å²) in [5.41, 5.74) is 7.42. The van der Waals surface area contributed by atoms with Gasteiger partial charge in [-0.15, -0.1) is 12.4 Å². The van der Waals surface area contributed by atoms with Crippen molar-refractivity contribution in [3.8, 4) is 0 Å². The van der Waals surface area contributed by atoms with E-state index in [0.29, 0.717) is 21.7 Å². The first-order valence-corrected chi connectivity index (χ1v) is 8.21. The van der Waals surface area contributed by atoms with E-state index in [4.69, 9.17) is 5.73 Å². The Hall–Kier alpha value is -1.82. The van der Waals surface area contributed by atoms with Crippen molar-refractivity contribution >= 4 is 33.1 Å². The minimum atomic E-state index is -3.52. The van der Waals surface area contributed by atoms with E-state index in [1.54, 1.807) is 36.5 Å². The molecule has 6 heteroatoms. The smallest absolute Gasteiger partial charge is 0.208 e. The van der Waals surface area contributed by atoms with E-state index >= 15 is 0 Å². The van der Waals surface area contributed by atoms with Gasteiger partial charge >= 0.3 is 0 Å². The Morgan fingerprint density at radius 1 is 1.05 bits per heavy atom. The molecule has 3 rings (SSSR count). The van der Waals surface area contributed by atoms with E-state index in [0.717, 1.165) is 17.5 Å². The number of fused-ring (bicyclic) bond motifs is 1. The molecule has 0 bridgehead atoms. The van der Waals surface area contributed by atoms with Gasteiger partial charge in [-0.3, -0.25) is 0 Å². The first-order valence-electron chi connectivity index (χ1n) is 6.73. The van der Waals surface area contributed by atoms with Crippen molar-refractivity contribution in [2.24, 2.45) is 5.73 Å². The van der Waals surface area contributed by atoms with Crippen LogP contribution < -0.4 is 5.73 Å². The molecule has 3 N–H and O–H groups in total. The van der Waals surface area contributed by atoms with E-state index in [9.17, 15) is 8.42 Å². The van der Waals surface area contributed by atoms with Gasteiger partial charge in [0.25, 0.3) is 0 Å². The maximum absolute atomic E-state index is 12.7. The molecule has 0 saturated heterocycles. The van der Waals surface area contributed by atoms with Crippen molar-refractivity contribution < 1.29 is 8.42 Å². The van der Waals surface area contributed by atoms with Crippen molar-refractivity contribution in [3.63, 3.8) is 0 Å². The molecule has 0 atom stereocenters. The molecule has 3 aromatic rings. The highest BCUT2D eigenvalue weighted by molar-refractivity contribution is 7.91. The fourth-order valence-corrected chi connectivity index (χ4v) is 3.86. The molecule has 0 aliphatic heterocycles. The fourth-order valence-electron chi connectivity index (χ4n) is 2.41. The van der Waals surface area contributed by atoms with Crippen LogP contribution in [0.3, 0.4) is 0 Å². The number of sulfone groups is 1. The molecule has 22 heavy (non-hydrogen) atoms. The molecule has 0 spiro atoms. The summed E-state index contributed by atoms with van der Waals surface area (Å²) in [6.07, 6.45) is 2.28. The van der Waals surface area contributed by atoms with Gasteiger partial charge in [-0.2, -0.15) is 0 Å². The van der Waals surface area contributed by atoms with Crippen molar-refractivity contribution in [2.45, 2.75) is 16.2 Å². The summed E-state index contributed by atoms with van der Waals surface area (Å²) in [6.45, 7) is 0.538. The lowest BCUT2D eigenvalue weighted by atomic mass is 10.1. The third kappa shape index (κ3) is 2.88. The van der Waals surface area contributed by atoms with E-state index in [-0.39, 0.29) is 12.4 Å². The van der Waals surface area contributed by atoms with Crippen LogP contribution in [0, 0.1) is 0 Å². The minimum Gasteiger partial charge on any atom is -0.360 e. The maximum Gasteiger partial charge on any atom is 0.208 e. The van der Waals surface area contributed by atoms with Gasteiger partial charge in [0.2, 0.25) is 9.84 Å². The Morgan fingerprint density at radius 3 is 2.45 bits per heavy atom. The number of aromatic amines is 1. The molecular weight excluding hydrogens is 320 g/mol. The van der Waals surface area contributed by atoms with Crippen LogP contribution in [0.2, 0.25) is 0 Å². The lowest BCUT2D eigenvalue weighted by molar-refractivity contribution is 0.597. The van der Waals surface area contributed by atoms with E-state index in [2.05, 4.69) is 4.98 Å². The number of nitrogens with two attached hydrogens (primary N) is 1. The van der Waals surface area contributed by atoms with Crippen LogP contribution >= 0.6 is 12.4 Å². The normalized spacial score (nSPS) is 11.3. The first kappa shape index (κ1) is 16.5. The summed E-state index contributed by atoms with van der Waals surface area (Å²) in [5.74, 6) is 0. The Morgan fingerprint density at radius 2 is 1.77 bits per heavy atom. The Balaban J connectivity index is 0.00000176. The molecule has 0 aliphatic carbocycles. The molecule has 0 aliphatic rings. The van der Waals surface area contributed by atoms with Gasteiger partial charge in [0, 0.05) is 17.1 Å². The van der Waals surface area contributed by atoms with Crippen LogP contribution in [0.4, 0.5) is 0 Å². The van der Waals surface area contributed by atoms with Crippen molar-refractivity contribution in [3.05, 3.63) is 60.3 Å². The van der Waals surface area contributed by atoms with Crippen LogP contribution in [0.1, 0.15) is 5.56 Å². The monoisotopic (exact) mass is 336 g/mol.